The second kappa shape index (κ2) is 5.81. The van der Waals surface area contributed by atoms with Crippen LogP contribution < -0.4 is 10.2 Å². The molecule has 1 aromatic carbocycles. The highest BCUT2D eigenvalue weighted by Gasteiger charge is 2.34. The number of rotatable bonds is 6. The largest absolute Gasteiger partial charge is 0.550 e. The third-order valence-electron chi connectivity index (χ3n) is 2.53. The maximum Gasteiger partial charge on any atom is 0.273 e. The van der Waals surface area contributed by atoms with Crippen LogP contribution in [0.2, 0.25) is 0 Å². The van der Waals surface area contributed by atoms with Gasteiger partial charge in [-0.15, -0.1) is 0 Å². The van der Waals surface area contributed by atoms with E-state index < -0.39 is 39.6 Å². The van der Waals surface area contributed by atoms with Gasteiger partial charge in [0, 0.05) is 11.9 Å². The molecule has 1 rings (SSSR count). The lowest BCUT2D eigenvalue weighted by molar-refractivity contribution is -0.308. The Morgan fingerprint density at radius 3 is 2.05 bits per heavy atom. The van der Waals surface area contributed by atoms with Crippen molar-refractivity contribution >= 4 is 22.1 Å². The SMILES string of the molecule is O=C([O-])CC(c1ccccc1)C(C(=O)[O-])S(=O)(=O)O. The van der Waals surface area contributed by atoms with Crippen LogP contribution in [0.4, 0.5) is 0 Å². The summed E-state index contributed by atoms with van der Waals surface area (Å²) >= 11 is 0. The van der Waals surface area contributed by atoms with Gasteiger partial charge in [-0.1, -0.05) is 30.3 Å². The van der Waals surface area contributed by atoms with E-state index in [2.05, 4.69) is 0 Å². The van der Waals surface area contributed by atoms with Gasteiger partial charge in [-0.3, -0.25) is 4.55 Å². The molecule has 1 N–H and O–H groups in total. The summed E-state index contributed by atoms with van der Waals surface area (Å²) < 4.78 is 31.1. The maximum atomic E-state index is 11.1. The van der Waals surface area contributed by atoms with E-state index in [0.29, 0.717) is 0 Å². The number of carboxylic acid groups (broad SMARTS) is 2. The summed E-state index contributed by atoms with van der Waals surface area (Å²) in [6.07, 6.45) is -0.873. The van der Waals surface area contributed by atoms with Crippen molar-refractivity contribution in [1.29, 1.82) is 0 Å². The van der Waals surface area contributed by atoms with E-state index in [4.69, 9.17) is 4.55 Å². The minimum absolute atomic E-state index is 0.138. The van der Waals surface area contributed by atoms with E-state index in [-0.39, 0.29) is 5.56 Å². The zero-order chi connectivity index (χ0) is 14.6. The Morgan fingerprint density at radius 2 is 1.68 bits per heavy atom. The van der Waals surface area contributed by atoms with Gasteiger partial charge >= 0.3 is 0 Å². The quantitative estimate of drug-likeness (QED) is 0.593. The van der Waals surface area contributed by atoms with Crippen molar-refractivity contribution in [2.45, 2.75) is 17.6 Å². The summed E-state index contributed by atoms with van der Waals surface area (Å²) in [6, 6.07) is 7.26. The van der Waals surface area contributed by atoms with Gasteiger partial charge in [0.1, 0.15) is 5.25 Å². The molecule has 0 aliphatic heterocycles. The van der Waals surface area contributed by atoms with Crippen LogP contribution in [0.25, 0.3) is 0 Å². The molecule has 0 amide bonds. The lowest BCUT2D eigenvalue weighted by Gasteiger charge is -2.26. The van der Waals surface area contributed by atoms with E-state index in [0.717, 1.165) is 0 Å². The van der Waals surface area contributed by atoms with Gasteiger partial charge in [0.2, 0.25) is 0 Å². The summed E-state index contributed by atoms with van der Waals surface area (Å²) in [5.74, 6) is -5.20. The molecule has 0 bridgehead atoms. The number of hydrogen-bond acceptors (Lipinski definition) is 6. The molecule has 0 aromatic heterocycles. The summed E-state index contributed by atoms with van der Waals surface area (Å²) in [6.45, 7) is 0. The highest BCUT2D eigenvalue weighted by Crippen LogP contribution is 2.27. The Bertz CT molecular complexity index is 564. The van der Waals surface area contributed by atoms with Crippen molar-refractivity contribution in [3.63, 3.8) is 0 Å². The van der Waals surface area contributed by atoms with Crippen molar-refractivity contribution < 1.29 is 32.8 Å². The van der Waals surface area contributed by atoms with E-state index in [1.807, 2.05) is 0 Å². The van der Waals surface area contributed by atoms with E-state index in [1.165, 1.54) is 24.3 Å². The lowest BCUT2D eigenvalue weighted by atomic mass is 9.92. The maximum absolute atomic E-state index is 11.1. The Hall–Kier alpha value is -1.93. The number of benzene rings is 1. The Balaban J connectivity index is 3.30. The molecule has 0 heterocycles. The fraction of sp³-hybridized carbons (Fsp3) is 0.273. The van der Waals surface area contributed by atoms with Crippen LogP contribution >= 0.6 is 0 Å². The molecule has 0 fully saturated rings. The molecule has 0 aliphatic carbocycles. The number of carbonyl (C=O) groups is 2. The molecule has 2 unspecified atom stereocenters. The van der Waals surface area contributed by atoms with Gasteiger partial charge in [-0.25, -0.2) is 0 Å². The van der Waals surface area contributed by atoms with Gasteiger partial charge in [0.25, 0.3) is 10.1 Å². The molecule has 19 heavy (non-hydrogen) atoms. The van der Waals surface area contributed by atoms with Crippen molar-refractivity contribution in [2.75, 3.05) is 0 Å². The van der Waals surface area contributed by atoms with Crippen molar-refractivity contribution in [1.82, 2.24) is 0 Å². The number of aliphatic carboxylic acids is 2. The van der Waals surface area contributed by atoms with Gasteiger partial charge in [0.15, 0.2) is 0 Å². The number of carboxylic acids is 2. The number of hydrogen-bond donors (Lipinski definition) is 1. The summed E-state index contributed by atoms with van der Waals surface area (Å²) in [5.41, 5.74) is 0.138. The van der Waals surface area contributed by atoms with Gasteiger partial charge < -0.3 is 19.8 Å². The monoisotopic (exact) mass is 286 g/mol. The van der Waals surface area contributed by atoms with E-state index >= 15 is 0 Å². The summed E-state index contributed by atoms with van der Waals surface area (Å²) in [5, 5.41) is 19.1. The molecule has 0 aliphatic rings. The van der Waals surface area contributed by atoms with Crippen LogP contribution in [0.1, 0.15) is 17.9 Å². The van der Waals surface area contributed by atoms with Gasteiger partial charge in [-0.2, -0.15) is 8.42 Å². The summed E-state index contributed by atoms with van der Waals surface area (Å²) in [7, 11) is -5.01. The highest BCUT2D eigenvalue weighted by atomic mass is 32.2. The minimum Gasteiger partial charge on any atom is -0.550 e. The van der Waals surface area contributed by atoms with Crippen LogP contribution in [0.15, 0.2) is 30.3 Å². The molecule has 2 atom stereocenters. The third-order valence-corrected chi connectivity index (χ3v) is 3.70. The van der Waals surface area contributed by atoms with Crippen LogP contribution in [-0.4, -0.2) is 30.2 Å². The normalized spacial score (nSPS) is 14.6. The molecule has 0 saturated heterocycles. The van der Waals surface area contributed by atoms with Crippen LogP contribution in [0.3, 0.4) is 0 Å². The first-order chi connectivity index (χ1) is 8.73. The Labute approximate surface area is 109 Å². The zero-order valence-electron chi connectivity index (χ0n) is 9.55. The summed E-state index contributed by atoms with van der Waals surface area (Å²) in [4.78, 5) is 21.5. The Morgan fingerprint density at radius 1 is 1.16 bits per heavy atom. The second-order valence-corrected chi connectivity index (χ2v) is 5.39. The fourth-order valence-corrected chi connectivity index (χ4v) is 2.68. The average Bonchev–Trinajstić information content (AvgIpc) is 2.26. The molecular formula is C11H10O7S-2. The first kappa shape index (κ1) is 15.1. The van der Waals surface area contributed by atoms with Crippen molar-refractivity contribution in [3.05, 3.63) is 35.9 Å². The third kappa shape index (κ3) is 4.04. The van der Waals surface area contributed by atoms with Crippen LogP contribution in [-0.2, 0) is 19.7 Å². The van der Waals surface area contributed by atoms with Crippen LogP contribution in [0.5, 0.6) is 0 Å². The Kier molecular flexibility index (Phi) is 4.62. The molecule has 8 heteroatoms. The van der Waals surface area contributed by atoms with Gasteiger partial charge in [-0.05, 0) is 12.0 Å². The molecule has 0 spiro atoms. The predicted molar refractivity (Wildman–Crippen MR) is 59.2 cm³/mol. The molecule has 7 nitrogen and oxygen atoms in total. The molecular weight excluding hydrogens is 276 g/mol. The first-order valence-corrected chi connectivity index (χ1v) is 6.65. The van der Waals surface area contributed by atoms with E-state index in [1.54, 1.807) is 6.07 Å². The molecule has 0 saturated carbocycles. The standard InChI is InChI=1S/C11H12O7S/c12-9(13)6-8(7-4-2-1-3-5-7)10(11(14)15)19(16,17)18/h1-5,8,10H,6H2,(H,12,13)(H,14,15)(H,16,17,18)/p-2. The highest BCUT2D eigenvalue weighted by molar-refractivity contribution is 7.87. The first-order valence-electron chi connectivity index (χ1n) is 5.15. The second-order valence-electron chi connectivity index (χ2n) is 3.85. The van der Waals surface area contributed by atoms with E-state index in [9.17, 15) is 28.2 Å². The fourth-order valence-electron chi connectivity index (χ4n) is 1.77. The average molecular weight is 286 g/mol. The predicted octanol–water partition coefficient (Wildman–Crippen LogP) is -2.08. The van der Waals surface area contributed by atoms with Gasteiger partial charge in [0.05, 0.1) is 5.97 Å². The molecule has 104 valence electrons. The smallest absolute Gasteiger partial charge is 0.273 e. The van der Waals surface area contributed by atoms with Crippen molar-refractivity contribution in [3.8, 4) is 0 Å². The number of carbonyl (C=O) groups excluding carboxylic acids is 2. The lowest BCUT2D eigenvalue weighted by Crippen LogP contribution is -2.46. The zero-order valence-corrected chi connectivity index (χ0v) is 10.4. The molecule has 1 aromatic rings. The van der Waals surface area contributed by atoms with Crippen molar-refractivity contribution in [2.24, 2.45) is 0 Å². The topological polar surface area (TPSA) is 135 Å². The molecule has 0 radical (unpaired) electrons. The minimum atomic E-state index is -5.01. The van der Waals surface area contributed by atoms with Crippen LogP contribution in [0, 0.1) is 0 Å².